The van der Waals surface area contributed by atoms with Crippen molar-refractivity contribution in [2.45, 2.75) is 12.4 Å². The fraction of sp³-hybridized carbons (Fsp3) is 0.105. The van der Waals surface area contributed by atoms with Crippen LogP contribution in [-0.4, -0.2) is 4.98 Å². The molecular weight excluding hydrogens is 356 g/mol. The normalized spacial score (nSPS) is 12.2. The van der Waals surface area contributed by atoms with Crippen molar-refractivity contribution in [1.29, 1.82) is 0 Å². The van der Waals surface area contributed by atoms with Crippen LogP contribution in [0.2, 0.25) is 0 Å². The first-order valence-electron chi connectivity index (χ1n) is 7.47. The Bertz CT molecular complexity index is 820. The second-order valence-electron chi connectivity index (χ2n) is 5.56. The summed E-state index contributed by atoms with van der Waals surface area (Å²) >= 11 is 0. The van der Waals surface area contributed by atoms with Gasteiger partial charge in [-0.15, -0.1) is 0 Å². The SMILES string of the molecule is FC(F)(F)c1ccc(-c2cccc(-c3ccc(C(F)(F)F)cc3)n2)cc1. The second-order valence-corrected chi connectivity index (χ2v) is 5.56. The lowest BCUT2D eigenvalue weighted by molar-refractivity contribution is -0.138. The lowest BCUT2D eigenvalue weighted by Gasteiger charge is -2.09. The molecular formula is C19H11F6N. The van der Waals surface area contributed by atoms with Gasteiger partial charge in [0.25, 0.3) is 0 Å². The summed E-state index contributed by atoms with van der Waals surface area (Å²) in [6, 6.07) is 14.0. The zero-order chi connectivity index (χ0) is 18.9. The first-order chi connectivity index (χ1) is 12.1. The van der Waals surface area contributed by atoms with Gasteiger partial charge in [0.15, 0.2) is 0 Å². The Morgan fingerprint density at radius 1 is 0.500 bits per heavy atom. The molecule has 2 aromatic carbocycles. The van der Waals surface area contributed by atoms with E-state index in [2.05, 4.69) is 4.98 Å². The van der Waals surface area contributed by atoms with Crippen molar-refractivity contribution in [3.63, 3.8) is 0 Å². The van der Waals surface area contributed by atoms with Crippen molar-refractivity contribution in [2.75, 3.05) is 0 Å². The largest absolute Gasteiger partial charge is 0.416 e. The number of aromatic nitrogens is 1. The summed E-state index contributed by atoms with van der Waals surface area (Å²) in [4.78, 5) is 4.33. The molecule has 0 bridgehead atoms. The molecule has 0 fully saturated rings. The Kier molecular flexibility index (Phi) is 4.48. The molecule has 0 radical (unpaired) electrons. The van der Waals surface area contributed by atoms with Crippen molar-refractivity contribution in [2.24, 2.45) is 0 Å². The molecule has 0 amide bonds. The molecule has 0 aliphatic rings. The maximum absolute atomic E-state index is 12.6. The van der Waals surface area contributed by atoms with Gasteiger partial charge in [0, 0.05) is 11.1 Å². The number of hydrogen-bond acceptors (Lipinski definition) is 1. The van der Waals surface area contributed by atoms with Crippen LogP contribution in [0.25, 0.3) is 22.5 Å². The number of rotatable bonds is 2. The second kappa shape index (κ2) is 6.48. The van der Waals surface area contributed by atoms with Crippen molar-refractivity contribution < 1.29 is 26.3 Å². The molecule has 0 atom stereocenters. The summed E-state index contributed by atoms with van der Waals surface area (Å²) in [6.07, 6.45) is -8.85. The van der Waals surface area contributed by atoms with Gasteiger partial charge in [-0.1, -0.05) is 30.3 Å². The summed E-state index contributed by atoms with van der Waals surface area (Å²) in [5.74, 6) is 0. The predicted molar refractivity (Wildman–Crippen MR) is 85.1 cm³/mol. The van der Waals surface area contributed by atoms with E-state index >= 15 is 0 Å². The molecule has 0 N–H and O–H groups in total. The summed E-state index contributed by atoms with van der Waals surface area (Å²) in [6.45, 7) is 0. The Morgan fingerprint density at radius 3 is 1.15 bits per heavy atom. The third kappa shape index (κ3) is 3.87. The summed E-state index contributed by atoms with van der Waals surface area (Å²) in [5.41, 5.74) is 0.283. The highest BCUT2D eigenvalue weighted by Gasteiger charge is 2.30. The highest BCUT2D eigenvalue weighted by atomic mass is 19.4. The number of alkyl halides is 6. The number of pyridine rings is 1. The van der Waals surface area contributed by atoms with Gasteiger partial charge in [-0.3, -0.25) is 0 Å². The van der Waals surface area contributed by atoms with Crippen LogP contribution in [0.15, 0.2) is 66.7 Å². The maximum Gasteiger partial charge on any atom is 0.416 e. The molecule has 0 spiro atoms. The highest BCUT2D eigenvalue weighted by molar-refractivity contribution is 5.66. The fourth-order valence-electron chi connectivity index (χ4n) is 2.42. The molecule has 3 rings (SSSR count). The van der Waals surface area contributed by atoms with Crippen LogP contribution in [0.3, 0.4) is 0 Å². The Labute approximate surface area is 144 Å². The van der Waals surface area contributed by atoms with Crippen molar-refractivity contribution in [1.82, 2.24) is 4.98 Å². The molecule has 7 heteroatoms. The standard InChI is InChI=1S/C19H11F6N/c20-18(21,22)14-8-4-12(5-9-14)16-2-1-3-17(26-16)13-6-10-15(11-7-13)19(23,24)25/h1-11H. The third-order valence-corrected chi connectivity index (χ3v) is 3.77. The summed E-state index contributed by atoms with van der Waals surface area (Å²) in [7, 11) is 0. The van der Waals surface area contributed by atoms with Crippen molar-refractivity contribution in [3.05, 3.63) is 77.9 Å². The first-order valence-corrected chi connectivity index (χ1v) is 7.47. The molecule has 0 saturated heterocycles. The van der Waals surface area contributed by atoms with Crippen LogP contribution < -0.4 is 0 Å². The number of nitrogens with zero attached hydrogens (tertiary/aromatic N) is 1. The van der Waals surface area contributed by atoms with E-state index in [4.69, 9.17) is 0 Å². The average Bonchev–Trinajstić information content (AvgIpc) is 2.61. The Morgan fingerprint density at radius 2 is 0.846 bits per heavy atom. The van der Waals surface area contributed by atoms with Crippen LogP contribution in [0, 0.1) is 0 Å². The van der Waals surface area contributed by atoms with Gasteiger partial charge in [0.1, 0.15) is 0 Å². The zero-order valence-corrected chi connectivity index (χ0v) is 13.1. The lowest BCUT2D eigenvalue weighted by Crippen LogP contribution is -2.04. The minimum atomic E-state index is -4.42. The van der Waals surface area contributed by atoms with Gasteiger partial charge in [-0.25, -0.2) is 4.98 Å². The number of hydrogen-bond donors (Lipinski definition) is 0. The first kappa shape index (κ1) is 18.0. The van der Waals surface area contributed by atoms with Gasteiger partial charge in [-0.05, 0) is 36.4 Å². The van der Waals surface area contributed by atoms with E-state index in [1.165, 1.54) is 24.3 Å². The lowest BCUT2D eigenvalue weighted by atomic mass is 10.1. The van der Waals surface area contributed by atoms with Gasteiger partial charge < -0.3 is 0 Å². The molecule has 0 unspecified atom stereocenters. The monoisotopic (exact) mass is 367 g/mol. The Hall–Kier alpha value is -2.83. The predicted octanol–water partition coefficient (Wildman–Crippen LogP) is 6.45. The fourth-order valence-corrected chi connectivity index (χ4v) is 2.42. The molecule has 26 heavy (non-hydrogen) atoms. The van der Waals surface area contributed by atoms with E-state index < -0.39 is 23.5 Å². The van der Waals surface area contributed by atoms with Gasteiger partial charge in [0.2, 0.25) is 0 Å². The molecule has 0 saturated carbocycles. The molecule has 0 aliphatic carbocycles. The molecule has 134 valence electrons. The van der Waals surface area contributed by atoms with Crippen LogP contribution in [0.4, 0.5) is 26.3 Å². The Balaban J connectivity index is 1.91. The molecule has 1 heterocycles. The van der Waals surface area contributed by atoms with E-state index in [9.17, 15) is 26.3 Å². The average molecular weight is 367 g/mol. The number of halogens is 6. The quantitative estimate of drug-likeness (QED) is 0.474. The molecule has 1 nitrogen and oxygen atoms in total. The van der Waals surface area contributed by atoms with E-state index in [1.54, 1.807) is 18.2 Å². The highest BCUT2D eigenvalue weighted by Crippen LogP contribution is 2.32. The molecule has 3 aromatic rings. The molecule has 0 aliphatic heterocycles. The van der Waals surface area contributed by atoms with Crippen LogP contribution in [0.1, 0.15) is 11.1 Å². The molecule has 1 aromatic heterocycles. The maximum atomic E-state index is 12.6. The number of benzene rings is 2. The van der Waals surface area contributed by atoms with E-state index in [0.717, 1.165) is 24.3 Å². The van der Waals surface area contributed by atoms with E-state index in [-0.39, 0.29) is 0 Å². The van der Waals surface area contributed by atoms with E-state index in [0.29, 0.717) is 22.5 Å². The van der Waals surface area contributed by atoms with Crippen LogP contribution >= 0.6 is 0 Å². The van der Waals surface area contributed by atoms with Gasteiger partial charge in [0.05, 0.1) is 22.5 Å². The van der Waals surface area contributed by atoms with Gasteiger partial charge in [-0.2, -0.15) is 26.3 Å². The van der Waals surface area contributed by atoms with Crippen LogP contribution in [0.5, 0.6) is 0 Å². The minimum Gasteiger partial charge on any atom is -0.248 e. The zero-order valence-electron chi connectivity index (χ0n) is 13.1. The van der Waals surface area contributed by atoms with E-state index in [1.807, 2.05) is 0 Å². The third-order valence-electron chi connectivity index (χ3n) is 3.77. The minimum absolute atomic E-state index is 0.427. The van der Waals surface area contributed by atoms with Gasteiger partial charge >= 0.3 is 12.4 Å². The smallest absolute Gasteiger partial charge is 0.248 e. The summed E-state index contributed by atoms with van der Waals surface area (Å²) in [5, 5.41) is 0. The van der Waals surface area contributed by atoms with Crippen molar-refractivity contribution in [3.8, 4) is 22.5 Å². The van der Waals surface area contributed by atoms with Crippen molar-refractivity contribution >= 4 is 0 Å². The topological polar surface area (TPSA) is 12.9 Å². The van der Waals surface area contributed by atoms with Crippen LogP contribution in [-0.2, 0) is 12.4 Å². The summed E-state index contributed by atoms with van der Waals surface area (Å²) < 4.78 is 75.8.